The Morgan fingerprint density at radius 1 is 1.02 bits per heavy atom. The molecule has 10 nitrogen and oxygen atoms in total. The predicted octanol–water partition coefficient (Wildman–Crippen LogP) is 4.57. The van der Waals surface area contributed by atoms with Gasteiger partial charge in [0.1, 0.15) is 17.7 Å². The molecule has 4 aromatic rings. The molecule has 1 unspecified atom stereocenters. The highest BCUT2D eigenvalue weighted by molar-refractivity contribution is 7.92. The maximum Gasteiger partial charge on any atom is 0.249 e. The second-order valence-corrected chi connectivity index (χ2v) is 14.5. The number of nitrogen functional groups attached to an aromatic ring is 1. The van der Waals surface area contributed by atoms with Gasteiger partial charge in [0.15, 0.2) is 9.84 Å². The lowest BCUT2D eigenvalue weighted by molar-refractivity contribution is -0.131. The van der Waals surface area contributed by atoms with E-state index in [1.165, 1.54) is 17.0 Å². The maximum atomic E-state index is 14.8. The van der Waals surface area contributed by atoms with Crippen LogP contribution in [-0.4, -0.2) is 53.6 Å². The summed E-state index contributed by atoms with van der Waals surface area (Å²) < 4.78 is 41.6. The molecule has 1 saturated carbocycles. The summed E-state index contributed by atoms with van der Waals surface area (Å²) in [5.41, 5.74) is 10.3. The zero-order valence-electron chi connectivity index (χ0n) is 25.8. The van der Waals surface area contributed by atoms with Crippen molar-refractivity contribution in [2.24, 2.45) is 0 Å². The van der Waals surface area contributed by atoms with Crippen molar-refractivity contribution in [2.45, 2.75) is 68.4 Å². The Morgan fingerprint density at radius 3 is 2.43 bits per heavy atom. The van der Waals surface area contributed by atoms with Gasteiger partial charge < -0.3 is 26.4 Å². The highest BCUT2D eigenvalue weighted by Gasteiger charge is 2.38. The van der Waals surface area contributed by atoms with E-state index in [9.17, 15) is 27.5 Å². The van der Waals surface area contributed by atoms with Crippen molar-refractivity contribution < 1.29 is 27.5 Å². The Bertz CT molecular complexity index is 1970. The summed E-state index contributed by atoms with van der Waals surface area (Å²) in [5.74, 6) is -1.14. The van der Waals surface area contributed by atoms with Gasteiger partial charge in [-0.3, -0.25) is 9.59 Å². The summed E-state index contributed by atoms with van der Waals surface area (Å²) in [6, 6.07) is 12.3. The number of halogens is 1. The van der Waals surface area contributed by atoms with Gasteiger partial charge in [-0.25, -0.2) is 17.8 Å². The number of hydrogen-bond acceptors (Lipinski definition) is 8. The Balaban J connectivity index is 1.46. The predicted molar refractivity (Wildman–Crippen MR) is 174 cm³/mol. The van der Waals surface area contributed by atoms with Gasteiger partial charge in [-0.1, -0.05) is 12.1 Å². The number of carbonyl (C=O) groups is 2. The van der Waals surface area contributed by atoms with Crippen LogP contribution in [0.1, 0.15) is 53.1 Å². The van der Waals surface area contributed by atoms with Crippen LogP contribution in [-0.2, 0) is 32.4 Å². The monoisotopic (exact) mass is 645 g/mol. The quantitative estimate of drug-likeness (QED) is 0.252. The second kappa shape index (κ2) is 12.0. The second-order valence-electron chi connectivity index (χ2n) is 12.3. The van der Waals surface area contributed by atoms with E-state index in [4.69, 9.17) is 5.73 Å². The van der Waals surface area contributed by atoms with Crippen molar-refractivity contribution in [3.8, 4) is 0 Å². The number of fused-ring (bicyclic) bond motifs is 10. The third-order valence-corrected chi connectivity index (χ3v) is 11.1. The summed E-state index contributed by atoms with van der Waals surface area (Å²) in [6.07, 6.45) is 1.29. The molecular formula is C34H36FN5O5S. The van der Waals surface area contributed by atoms with Crippen LogP contribution >= 0.6 is 0 Å². The normalized spacial score (nSPS) is 19.4. The molecule has 12 heteroatoms. The first kappa shape index (κ1) is 31.4. The van der Waals surface area contributed by atoms with Crippen molar-refractivity contribution in [3.63, 3.8) is 0 Å². The number of rotatable bonds is 4. The summed E-state index contributed by atoms with van der Waals surface area (Å²) >= 11 is 0. The van der Waals surface area contributed by atoms with Crippen LogP contribution in [0.15, 0.2) is 59.6 Å². The van der Waals surface area contributed by atoms with Gasteiger partial charge in [0, 0.05) is 35.7 Å². The van der Waals surface area contributed by atoms with Crippen molar-refractivity contribution in [1.29, 1.82) is 0 Å². The first-order valence-electron chi connectivity index (χ1n) is 15.1. The van der Waals surface area contributed by atoms with E-state index in [2.05, 4.69) is 15.6 Å². The molecule has 1 fully saturated rings. The lowest BCUT2D eigenvalue weighted by Gasteiger charge is -2.28. The van der Waals surface area contributed by atoms with Crippen LogP contribution in [0.2, 0.25) is 0 Å². The number of hydrogen-bond donors (Lipinski definition) is 4. The molecule has 1 aromatic heterocycles. The number of anilines is 3. The van der Waals surface area contributed by atoms with Gasteiger partial charge in [-0.15, -0.1) is 0 Å². The molecule has 3 aliphatic rings. The molecule has 2 aliphatic heterocycles. The smallest absolute Gasteiger partial charge is 0.249 e. The van der Waals surface area contributed by atoms with Gasteiger partial charge in [-0.2, -0.15) is 0 Å². The lowest BCUT2D eigenvalue weighted by Crippen LogP contribution is -2.35. The average Bonchev–Trinajstić information content (AvgIpc) is 3.85. The summed E-state index contributed by atoms with van der Waals surface area (Å²) in [5, 5.41) is 17.1. The first-order chi connectivity index (χ1) is 21.8. The maximum absolute atomic E-state index is 14.8. The number of nitrogens with one attached hydrogen (secondary N) is 2. The SMILES string of the molecule is Cc1cc2cc(C)c1CC(O)CC(=O)Nc1ccc(S(=O)(=O)C3CC3)c(c1)CN(C)C(=O)[C@@H]2Nc1ccc2c(N)ncc(F)c2c1. The van der Waals surface area contributed by atoms with Crippen molar-refractivity contribution >= 4 is 49.6 Å². The van der Waals surface area contributed by atoms with Crippen LogP contribution in [0.4, 0.5) is 21.6 Å². The summed E-state index contributed by atoms with van der Waals surface area (Å²) in [6.45, 7) is 3.71. The number of nitrogens with zero attached hydrogens (tertiary/aromatic N) is 2. The average molecular weight is 646 g/mol. The number of sulfone groups is 1. The number of aryl methyl sites for hydroxylation is 2. The number of aliphatic hydroxyl groups excluding tert-OH is 1. The Labute approximate surface area is 266 Å². The molecule has 5 N–H and O–H groups in total. The molecule has 4 bridgehead atoms. The minimum atomic E-state index is -3.64. The third-order valence-electron chi connectivity index (χ3n) is 8.74. The van der Waals surface area contributed by atoms with Crippen LogP contribution in [0.3, 0.4) is 0 Å². The molecule has 7 rings (SSSR count). The van der Waals surface area contributed by atoms with Crippen molar-refractivity contribution in [2.75, 3.05) is 23.4 Å². The molecule has 0 saturated heterocycles. The molecule has 3 aromatic carbocycles. The summed E-state index contributed by atoms with van der Waals surface area (Å²) in [4.78, 5) is 32.7. The largest absolute Gasteiger partial charge is 0.392 e. The zero-order chi connectivity index (χ0) is 32.9. The van der Waals surface area contributed by atoms with Crippen molar-refractivity contribution in [3.05, 3.63) is 88.4 Å². The number of likely N-dealkylation sites (N-methyl/N-ethyl adjacent to an activating group) is 1. The minimum Gasteiger partial charge on any atom is -0.392 e. The summed E-state index contributed by atoms with van der Waals surface area (Å²) in [7, 11) is -2.05. The lowest BCUT2D eigenvalue weighted by atomic mass is 9.91. The Kier molecular flexibility index (Phi) is 8.20. The number of nitrogens with two attached hydrogens (primary N) is 1. The molecule has 1 aliphatic carbocycles. The number of amides is 2. The Hall–Kier alpha value is -4.55. The molecule has 2 atom stereocenters. The molecule has 0 spiro atoms. The van der Waals surface area contributed by atoms with Gasteiger partial charge in [0.05, 0.1) is 28.9 Å². The van der Waals surface area contributed by atoms with Gasteiger partial charge in [0.25, 0.3) is 0 Å². The standard InChI is InChI=1S/C34H36FN5O5S/c1-18-10-20-11-19(2)27(18)14-24(41)15-31(42)38-22-5-9-30(46(44,45)25-6-7-25)21(12-22)17-40(3)34(43)32(20)39-23-4-8-26-28(13-23)29(35)16-37-33(26)36/h4-5,8-13,16,24-25,32,39,41H,6-7,14-15,17H2,1-3H3,(H2,36,37)(H,38,42)/t24?,32-/m1/s1. The van der Waals surface area contributed by atoms with Crippen LogP contribution in [0, 0.1) is 19.7 Å². The fourth-order valence-corrected chi connectivity index (χ4v) is 8.06. The fraction of sp³-hybridized carbons (Fsp3) is 0.324. The van der Waals surface area contributed by atoms with Gasteiger partial charge in [0.2, 0.25) is 11.8 Å². The van der Waals surface area contributed by atoms with Crippen LogP contribution in [0.25, 0.3) is 10.8 Å². The van der Waals surface area contributed by atoms with Crippen LogP contribution < -0.4 is 16.4 Å². The molecule has 3 heterocycles. The first-order valence-corrected chi connectivity index (χ1v) is 16.7. The van der Waals surface area contributed by atoms with E-state index >= 15 is 0 Å². The van der Waals surface area contributed by atoms with Gasteiger partial charge >= 0.3 is 0 Å². The number of benzene rings is 3. The van der Waals surface area contributed by atoms with E-state index in [0.717, 1.165) is 22.9 Å². The molecular weight excluding hydrogens is 609 g/mol. The molecule has 46 heavy (non-hydrogen) atoms. The minimum absolute atomic E-state index is 0.0603. The number of carbonyl (C=O) groups excluding carboxylic acids is 2. The number of pyridine rings is 1. The van der Waals surface area contributed by atoms with Crippen LogP contribution in [0.5, 0.6) is 0 Å². The zero-order valence-corrected chi connectivity index (χ0v) is 26.6. The van der Waals surface area contributed by atoms with Crippen molar-refractivity contribution in [1.82, 2.24) is 9.88 Å². The van der Waals surface area contributed by atoms with E-state index in [0.29, 0.717) is 40.7 Å². The fourth-order valence-electron chi connectivity index (χ4n) is 6.19. The number of aromatic nitrogens is 1. The highest BCUT2D eigenvalue weighted by Crippen LogP contribution is 2.37. The van der Waals surface area contributed by atoms with E-state index in [1.807, 2.05) is 26.0 Å². The third kappa shape index (κ3) is 6.14. The van der Waals surface area contributed by atoms with E-state index < -0.39 is 39.0 Å². The molecule has 0 radical (unpaired) electrons. The molecule has 2 amide bonds. The van der Waals surface area contributed by atoms with E-state index in [-0.39, 0.29) is 41.4 Å². The number of aliphatic hydroxyl groups is 1. The van der Waals surface area contributed by atoms with Gasteiger partial charge in [-0.05, 0) is 97.3 Å². The highest BCUT2D eigenvalue weighted by atomic mass is 32.2. The van der Waals surface area contributed by atoms with E-state index in [1.54, 1.807) is 31.3 Å². The Morgan fingerprint density at radius 2 is 1.74 bits per heavy atom. The topological polar surface area (TPSA) is 155 Å². The molecule has 240 valence electrons.